The molecule has 0 aromatic heterocycles. The molecule has 0 nitrogen and oxygen atoms in total. The van der Waals surface area contributed by atoms with E-state index in [1.165, 1.54) is 82.0 Å². The second kappa shape index (κ2) is 9.47. The van der Waals surface area contributed by atoms with Crippen LogP contribution < -0.4 is 0 Å². The Balaban J connectivity index is 1.49. The summed E-state index contributed by atoms with van der Waals surface area (Å²) in [6.45, 7) is 2.15. The maximum atomic E-state index is 2.40. The average molecular weight is 521 g/mol. The Morgan fingerprint density at radius 2 is 0.829 bits per heavy atom. The zero-order valence-electron chi connectivity index (χ0n) is 22.9. The lowest BCUT2D eigenvalue weighted by atomic mass is 9.84. The molecule has 0 aliphatic heterocycles. The van der Waals surface area contributed by atoms with Gasteiger partial charge in [0, 0.05) is 0 Å². The minimum Gasteiger partial charge on any atom is -0.0622 e. The third-order valence-corrected chi connectivity index (χ3v) is 8.51. The summed E-state index contributed by atoms with van der Waals surface area (Å²) < 4.78 is 0. The van der Waals surface area contributed by atoms with Gasteiger partial charge in [-0.1, -0.05) is 145 Å². The zero-order chi connectivity index (χ0) is 27.3. The van der Waals surface area contributed by atoms with Crippen molar-refractivity contribution in [2.45, 2.75) is 6.92 Å². The summed E-state index contributed by atoms with van der Waals surface area (Å²) in [6.07, 6.45) is 0. The fraction of sp³-hybridized carbons (Fsp3) is 0.0244. The van der Waals surface area contributed by atoms with E-state index in [1.807, 2.05) is 0 Å². The van der Waals surface area contributed by atoms with Gasteiger partial charge in [-0.3, -0.25) is 0 Å². The van der Waals surface area contributed by atoms with Gasteiger partial charge in [0.2, 0.25) is 0 Å². The summed E-state index contributed by atoms with van der Waals surface area (Å²) in [4.78, 5) is 0. The number of hydrogen-bond donors (Lipinski definition) is 0. The van der Waals surface area contributed by atoms with Crippen molar-refractivity contribution in [2.24, 2.45) is 0 Å². The molecule has 0 saturated heterocycles. The molecule has 0 radical (unpaired) electrons. The summed E-state index contributed by atoms with van der Waals surface area (Å²) >= 11 is 0. The lowest BCUT2D eigenvalue weighted by Crippen LogP contribution is -1.92. The lowest BCUT2D eigenvalue weighted by molar-refractivity contribution is 1.47. The molecular formula is C41H28. The van der Waals surface area contributed by atoms with Crippen LogP contribution in [0.1, 0.15) is 5.56 Å². The SMILES string of the molecule is Cc1ccc(-c2c3ccccc3c(-c3ccc4c(ccc5ccccc54)c3)c3cc(-c4ccccc4)ccc23)cc1. The second-order valence-corrected chi connectivity index (χ2v) is 11.0. The van der Waals surface area contributed by atoms with E-state index in [0.717, 1.165) is 0 Å². The van der Waals surface area contributed by atoms with E-state index in [0.29, 0.717) is 0 Å². The average Bonchev–Trinajstić information content (AvgIpc) is 3.04. The molecule has 0 unspecified atom stereocenters. The number of rotatable bonds is 3. The first-order chi connectivity index (χ1) is 20.2. The molecular weight excluding hydrogens is 492 g/mol. The molecule has 8 aromatic carbocycles. The van der Waals surface area contributed by atoms with Crippen molar-refractivity contribution >= 4 is 43.1 Å². The Morgan fingerprint density at radius 1 is 0.293 bits per heavy atom. The smallest absolute Gasteiger partial charge is 0.00259 e. The molecule has 0 aliphatic carbocycles. The molecule has 0 atom stereocenters. The predicted octanol–water partition coefficient (Wildman–Crippen LogP) is 11.6. The predicted molar refractivity (Wildman–Crippen MR) is 178 cm³/mol. The van der Waals surface area contributed by atoms with Gasteiger partial charge in [0.1, 0.15) is 0 Å². The Labute approximate surface area is 240 Å². The number of benzene rings is 8. The van der Waals surface area contributed by atoms with Crippen molar-refractivity contribution in [3.05, 3.63) is 157 Å². The van der Waals surface area contributed by atoms with Crippen LogP contribution in [-0.2, 0) is 0 Å². The molecule has 8 rings (SSSR count). The van der Waals surface area contributed by atoms with Gasteiger partial charge in [-0.25, -0.2) is 0 Å². The molecule has 41 heavy (non-hydrogen) atoms. The van der Waals surface area contributed by atoms with Crippen LogP contribution in [0.5, 0.6) is 0 Å². The molecule has 0 bridgehead atoms. The van der Waals surface area contributed by atoms with Gasteiger partial charge in [-0.05, 0) is 95.5 Å². The van der Waals surface area contributed by atoms with Crippen LogP contribution >= 0.6 is 0 Å². The van der Waals surface area contributed by atoms with Crippen LogP contribution in [-0.4, -0.2) is 0 Å². The lowest BCUT2D eigenvalue weighted by Gasteiger charge is -2.19. The first-order valence-electron chi connectivity index (χ1n) is 14.3. The second-order valence-electron chi connectivity index (χ2n) is 11.0. The molecule has 192 valence electrons. The standard InChI is InChI=1S/C41H28/c1-27-15-17-30(18-16-27)40-36-13-7-8-14-37(36)41(39-26-31(21-24-38(39)40)28-9-3-2-4-10-28)33-22-23-35-32(25-33)20-19-29-11-5-6-12-34(29)35/h2-26H,1H3. The monoisotopic (exact) mass is 520 g/mol. The molecule has 0 heterocycles. The zero-order valence-corrected chi connectivity index (χ0v) is 22.9. The van der Waals surface area contributed by atoms with Crippen molar-refractivity contribution in [3.63, 3.8) is 0 Å². The van der Waals surface area contributed by atoms with Crippen molar-refractivity contribution in [1.82, 2.24) is 0 Å². The minimum absolute atomic E-state index is 1.23. The van der Waals surface area contributed by atoms with Crippen molar-refractivity contribution < 1.29 is 0 Å². The fourth-order valence-electron chi connectivity index (χ4n) is 6.50. The van der Waals surface area contributed by atoms with Gasteiger partial charge in [-0.15, -0.1) is 0 Å². The van der Waals surface area contributed by atoms with Gasteiger partial charge in [0.25, 0.3) is 0 Å². The molecule has 0 N–H and O–H groups in total. The van der Waals surface area contributed by atoms with E-state index in [-0.39, 0.29) is 0 Å². The highest BCUT2D eigenvalue weighted by Gasteiger charge is 2.18. The Hall–Kier alpha value is -5.20. The third kappa shape index (κ3) is 3.91. The summed E-state index contributed by atoms with van der Waals surface area (Å²) in [6, 6.07) is 55.8. The molecule has 0 saturated carbocycles. The molecule has 0 aliphatic rings. The summed E-state index contributed by atoms with van der Waals surface area (Å²) in [5, 5.41) is 10.3. The number of hydrogen-bond acceptors (Lipinski definition) is 0. The van der Waals surface area contributed by atoms with Gasteiger partial charge >= 0.3 is 0 Å². The largest absolute Gasteiger partial charge is 0.0622 e. The van der Waals surface area contributed by atoms with Crippen molar-refractivity contribution in [2.75, 3.05) is 0 Å². The van der Waals surface area contributed by atoms with Crippen molar-refractivity contribution in [1.29, 1.82) is 0 Å². The van der Waals surface area contributed by atoms with E-state index in [2.05, 4.69) is 159 Å². The highest BCUT2D eigenvalue weighted by molar-refractivity contribution is 6.22. The molecule has 0 amide bonds. The quantitative estimate of drug-likeness (QED) is 0.160. The number of fused-ring (bicyclic) bond motifs is 5. The van der Waals surface area contributed by atoms with Gasteiger partial charge in [-0.2, -0.15) is 0 Å². The van der Waals surface area contributed by atoms with E-state index in [4.69, 9.17) is 0 Å². The van der Waals surface area contributed by atoms with Crippen molar-refractivity contribution in [3.8, 4) is 33.4 Å². The molecule has 0 heteroatoms. The first kappa shape index (κ1) is 23.7. The molecule has 0 spiro atoms. The maximum absolute atomic E-state index is 2.40. The van der Waals surface area contributed by atoms with Crippen LogP contribution in [0.2, 0.25) is 0 Å². The van der Waals surface area contributed by atoms with E-state index < -0.39 is 0 Å². The van der Waals surface area contributed by atoms with Gasteiger partial charge in [0.15, 0.2) is 0 Å². The summed E-state index contributed by atoms with van der Waals surface area (Å²) in [5.74, 6) is 0. The molecule has 0 fully saturated rings. The third-order valence-electron chi connectivity index (χ3n) is 8.51. The molecule has 8 aromatic rings. The highest BCUT2D eigenvalue weighted by Crippen LogP contribution is 2.45. The number of aryl methyl sites for hydroxylation is 1. The Bertz CT molecular complexity index is 2240. The Morgan fingerprint density at radius 3 is 1.61 bits per heavy atom. The highest BCUT2D eigenvalue weighted by atomic mass is 14.2. The first-order valence-corrected chi connectivity index (χ1v) is 14.3. The minimum atomic E-state index is 1.23. The maximum Gasteiger partial charge on any atom is -0.00259 e. The van der Waals surface area contributed by atoms with Crippen LogP contribution in [0.25, 0.3) is 76.5 Å². The van der Waals surface area contributed by atoms with Crippen LogP contribution in [0.15, 0.2) is 152 Å². The normalized spacial score (nSPS) is 11.5. The van der Waals surface area contributed by atoms with E-state index >= 15 is 0 Å². The summed E-state index contributed by atoms with van der Waals surface area (Å²) in [5.41, 5.74) is 8.82. The van der Waals surface area contributed by atoms with E-state index in [1.54, 1.807) is 0 Å². The fourth-order valence-corrected chi connectivity index (χ4v) is 6.50. The van der Waals surface area contributed by atoms with Crippen LogP contribution in [0.4, 0.5) is 0 Å². The van der Waals surface area contributed by atoms with Crippen LogP contribution in [0, 0.1) is 6.92 Å². The topological polar surface area (TPSA) is 0 Å². The van der Waals surface area contributed by atoms with Crippen LogP contribution in [0.3, 0.4) is 0 Å². The van der Waals surface area contributed by atoms with Gasteiger partial charge in [0.05, 0.1) is 0 Å². The van der Waals surface area contributed by atoms with Gasteiger partial charge < -0.3 is 0 Å². The summed E-state index contributed by atoms with van der Waals surface area (Å²) in [7, 11) is 0. The Kier molecular flexibility index (Phi) is 5.47. The van der Waals surface area contributed by atoms with E-state index in [9.17, 15) is 0 Å².